The molecule has 0 amide bonds. The summed E-state index contributed by atoms with van der Waals surface area (Å²) in [5.41, 5.74) is 0.175. The van der Waals surface area contributed by atoms with Crippen molar-refractivity contribution in [1.82, 2.24) is 0 Å². The van der Waals surface area contributed by atoms with E-state index in [0.717, 1.165) is 0 Å². The molecule has 0 fully saturated rings. The molecule has 0 N–H and O–H groups in total. The molecule has 1 rings (SSSR count). The molecule has 0 aliphatic carbocycles. The largest absolute Gasteiger partial charge is 0.375 e. The third kappa shape index (κ3) is 4.18. The maximum absolute atomic E-state index is 12.4. The van der Waals surface area contributed by atoms with Gasteiger partial charge < -0.3 is 0 Å². The van der Waals surface area contributed by atoms with E-state index in [-0.39, 0.29) is 27.4 Å². The van der Waals surface area contributed by atoms with E-state index < -0.39 is 4.71 Å². The van der Waals surface area contributed by atoms with Crippen LogP contribution in [0.3, 0.4) is 0 Å². The number of thioether (sulfide) groups is 1. The van der Waals surface area contributed by atoms with Crippen molar-refractivity contribution in [2.75, 3.05) is 0 Å². The number of nitrogens with zero attached hydrogens (tertiary/aromatic N) is 1. The minimum absolute atomic E-state index is 0.0873. The van der Waals surface area contributed by atoms with Gasteiger partial charge in [0.2, 0.25) is 6.08 Å². The zero-order chi connectivity index (χ0) is 11.5. The van der Waals surface area contributed by atoms with Gasteiger partial charge in [-0.3, -0.25) is 0 Å². The molecular formula is C8H3Cl2F2NOS. The van der Waals surface area contributed by atoms with Crippen LogP contribution in [-0.4, -0.2) is 10.8 Å². The molecule has 0 bridgehead atoms. The van der Waals surface area contributed by atoms with Gasteiger partial charge in [0.25, 0.3) is 0 Å². The number of hydrogen-bond acceptors (Lipinski definition) is 3. The van der Waals surface area contributed by atoms with E-state index >= 15 is 0 Å². The highest BCUT2D eigenvalue weighted by molar-refractivity contribution is 8.01. The summed E-state index contributed by atoms with van der Waals surface area (Å²) in [5, 5.41) is 0.0873. The van der Waals surface area contributed by atoms with Gasteiger partial charge in [-0.2, -0.15) is 13.8 Å². The van der Waals surface area contributed by atoms with Crippen LogP contribution in [0, 0.1) is 0 Å². The predicted octanol–water partition coefficient (Wildman–Crippen LogP) is 4.19. The molecule has 0 heterocycles. The van der Waals surface area contributed by atoms with Gasteiger partial charge in [-0.1, -0.05) is 11.6 Å². The molecule has 0 aromatic heterocycles. The molecule has 0 aliphatic heterocycles. The molecule has 0 saturated heterocycles. The van der Waals surface area contributed by atoms with E-state index in [1.165, 1.54) is 24.3 Å². The molecular weight excluding hydrogens is 267 g/mol. The summed E-state index contributed by atoms with van der Waals surface area (Å²) < 4.78 is 21.4. The van der Waals surface area contributed by atoms with E-state index in [0.29, 0.717) is 0 Å². The van der Waals surface area contributed by atoms with Crippen LogP contribution in [0.25, 0.3) is 0 Å². The first kappa shape index (κ1) is 12.5. The lowest BCUT2D eigenvalue weighted by atomic mass is 10.3. The zero-order valence-electron chi connectivity index (χ0n) is 7.01. The molecule has 0 aliphatic rings. The second kappa shape index (κ2) is 4.94. The van der Waals surface area contributed by atoms with E-state index in [9.17, 15) is 13.6 Å². The summed E-state index contributed by atoms with van der Waals surface area (Å²) in [7, 11) is 0. The van der Waals surface area contributed by atoms with Gasteiger partial charge in [0, 0.05) is 4.90 Å². The smallest absolute Gasteiger partial charge is 0.211 e. The molecule has 15 heavy (non-hydrogen) atoms. The normalized spacial score (nSPS) is 10.9. The Morgan fingerprint density at radius 1 is 1.47 bits per heavy atom. The SMILES string of the molecule is O=C=Nc1ccc(SC(F)(F)Cl)cc1Cl. The maximum Gasteiger partial charge on any atom is 0.375 e. The lowest BCUT2D eigenvalue weighted by Gasteiger charge is -2.07. The number of benzene rings is 1. The lowest BCUT2D eigenvalue weighted by molar-refractivity contribution is 0.203. The number of halogens is 4. The number of hydrogen-bond donors (Lipinski definition) is 0. The van der Waals surface area contributed by atoms with Crippen LogP contribution in [0.5, 0.6) is 0 Å². The van der Waals surface area contributed by atoms with Crippen molar-refractivity contribution in [3.05, 3.63) is 23.2 Å². The van der Waals surface area contributed by atoms with Crippen molar-refractivity contribution < 1.29 is 13.6 Å². The summed E-state index contributed by atoms with van der Waals surface area (Å²) >= 11 is 10.5. The quantitative estimate of drug-likeness (QED) is 0.356. The van der Waals surface area contributed by atoms with E-state index in [4.69, 9.17) is 23.2 Å². The summed E-state index contributed by atoms with van der Waals surface area (Å²) in [6.45, 7) is 0. The highest BCUT2D eigenvalue weighted by Crippen LogP contribution is 2.41. The molecule has 0 atom stereocenters. The van der Waals surface area contributed by atoms with Gasteiger partial charge >= 0.3 is 4.71 Å². The Labute approximate surface area is 98.3 Å². The number of carbonyl (C=O) groups excluding carboxylic acids is 1. The second-order valence-electron chi connectivity index (χ2n) is 2.36. The average Bonchev–Trinajstić information content (AvgIpc) is 2.07. The van der Waals surface area contributed by atoms with Crippen LogP contribution in [0.15, 0.2) is 28.1 Å². The predicted molar refractivity (Wildman–Crippen MR) is 55.9 cm³/mol. The molecule has 7 heteroatoms. The second-order valence-corrected chi connectivity index (χ2v) is 4.66. The van der Waals surface area contributed by atoms with Gasteiger partial charge in [0.05, 0.1) is 10.7 Å². The third-order valence-electron chi connectivity index (χ3n) is 1.32. The highest BCUT2D eigenvalue weighted by Gasteiger charge is 2.26. The Balaban J connectivity index is 2.96. The zero-order valence-corrected chi connectivity index (χ0v) is 9.34. The summed E-state index contributed by atoms with van der Waals surface area (Å²) in [6.07, 6.45) is 1.30. The molecule has 0 spiro atoms. The van der Waals surface area contributed by atoms with Gasteiger partial charge in [-0.05, 0) is 41.6 Å². The van der Waals surface area contributed by atoms with E-state index in [1.54, 1.807) is 0 Å². The molecule has 1 aromatic rings. The molecule has 0 saturated carbocycles. The Kier molecular flexibility index (Phi) is 4.11. The van der Waals surface area contributed by atoms with Crippen molar-refractivity contribution in [2.24, 2.45) is 4.99 Å². The minimum atomic E-state index is -3.39. The van der Waals surface area contributed by atoms with Crippen LogP contribution in [0.1, 0.15) is 0 Å². The molecule has 0 unspecified atom stereocenters. The number of isocyanates is 1. The number of rotatable bonds is 3. The van der Waals surface area contributed by atoms with Crippen molar-refractivity contribution in [3.8, 4) is 0 Å². The fourth-order valence-electron chi connectivity index (χ4n) is 0.825. The Morgan fingerprint density at radius 2 is 2.13 bits per heavy atom. The van der Waals surface area contributed by atoms with Crippen molar-refractivity contribution in [2.45, 2.75) is 9.61 Å². The van der Waals surface area contributed by atoms with Crippen LogP contribution in [-0.2, 0) is 4.79 Å². The highest BCUT2D eigenvalue weighted by atomic mass is 35.5. The van der Waals surface area contributed by atoms with Gasteiger partial charge in [-0.25, -0.2) is 4.79 Å². The minimum Gasteiger partial charge on any atom is -0.211 e. The lowest BCUT2D eigenvalue weighted by Crippen LogP contribution is -1.96. The van der Waals surface area contributed by atoms with Crippen LogP contribution in [0.2, 0.25) is 5.02 Å². The van der Waals surface area contributed by atoms with Gasteiger partial charge in [0.15, 0.2) is 0 Å². The van der Waals surface area contributed by atoms with Gasteiger partial charge in [0.1, 0.15) is 0 Å². The Morgan fingerprint density at radius 3 is 2.60 bits per heavy atom. The van der Waals surface area contributed by atoms with E-state index in [1.807, 2.05) is 0 Å². The summed E-state index contributed by atoms with van der Waals surface area (Å²) in [4.78, 5) is 13.4. The maximum atomic E-state index is 12.4. The molecule has 80 valence electrons. The molecule has 1 aromatic carbocycles. The van der Waals surface area contributed by atoms with Crippen LogP contribution in [0.4, 0.5) is 14.5 Å². The van der Waals surface area contributed by atoms with Crippen molar-refractivity contribution in [1.29, 1.82) is 0 Å². The summed E-state index contributed by atoms with van der Waals surface area (Å²) in [5.74, 6) is 0. The fourth-order valence-corrected chi connectivity index (χ4v) is 1.96. The van der Waals surface area contributed by atoms with Gasteiger partial charge in [-0.15, -0.1) is 0 Å². The Bertz CT molecular complexity index is 416. The number of aliphatic imine (C=N–C) groups is 1. The average molecular weight is 270 g/mol. The van der Waals surface area contributed by atoms with Crippen molar-refractivity contribution >= 4 is 46.7 Å². The summed E-state index contributed by atoms with van der Waals surface area (Å²) in [6, 6.07) is 3.92. The van der Waals surface area contributed by atoms with Crippen molar-refractivity contribution in [3.63, 3.8) is 0 Å². The monoisotopic (exact) mass is 269 g/mol. The first-order valence-corrected chi connectivity index (χ1v) is 5.13. The Hall–Kier alpha value is -0.610. The molecule has 0 radical (unpaired) electrons. The third-order valence-corrected chi connectivity index (χ3v) is 2.57. The van der Waals surface area contributed by atoms with Crippen LogP contribution < -0.4 is 0 Å². The molecule has 2 nitrogen and oxygen atoms in total. The first-order chi connectivity index (χ1) is 6.92. The van der Waals surface area contributed by atoms with Crippen LogP contribution >= 0.6 is 35.0 Å². The topological polar surface area (TPSA) is 29.4 Å². The fraction of sp³-hybridized carbons (Fsp3) is 0.125. The first-order valence-electron chi connectivity index (χ1n) is 3.55. The number of alkyl halides is 3. The van der Waals surface area contributed by atoms with E-state index in [2.05, 4.69) is 4.99 Å². The standard InChI is InChI=1S/C8H3Cl2F2NOS/c9-6-3-5(15-8(10,11)12)1-2-7(6)13-4-14/h1-3H.